The van der Waals surface area contributed by atoms with Crippen molar-refractivity contribution in [1.29, 1.82) is 0 Å². The molecule has 0 saturated carbocycles. The van der Waals surface area contributed by atoms with Gasteiger partial charge in [-0.2, -0.15) is 0 Å². The smallest absolute Gasteiger partial charge is 0.338 e. The molecule has 2 N–H and O–H groups in total. The average Bonchev–Trinajstić information content (AvgIpc) is 2.27. The second-order valence-electron chi connectivity index (χ2n) is 3.55. The lowest BCUT2D eigenvalue weighted by molar-refractivity contribution is 0.0598. The van der Waals surface area contributed by atoms with Crippen molar-refractivity contribution in [3.63, 3.8) is 0 Å². The van der Waals surface area contributed by atoms with E-state index in [1.54, 1.807) is 12.1 Å². The fourth-order valence-electron chi connectivity index (χ4n) is 1.73. The van der Waals surface area contributed by atoms with E-state index in [-0.39, 0.29) is 24.4 Å². The predicted molar refractivity (Wildman–Crippen MR) is 62.2 cm³/mol. The van der Waals surface area contributed by atoms with E-state index in [9.17, 15) is 4.79 Å². The van der Waals surface area contributed by atoms with E-state index in [1.165, 1.54) is 7.11 Å². The first-order valence-corrected chi connectivity index (χ1v) is 4.81. The molecule has 0 radical (unpaired) electrons. The van der Waals surface area contributed by atoms with Gasteiger partial charge in [0, 0.05) is 11.6 Å². The Balaban J connectivity index is 0.00000128. The van der Waals surface area contributed by atoms with Crippen molar-refractivity contribution < 1.29 is 14.3 Å². The minimum Gasteiger partial charge on any atom is -0.492 e. The molecule has 0 fully saturated rings. The van der Waals surface area contributed by atoms with Gasteiger partial charge in [0.05, 0.1) is 12.7 Å². The van der Waals surface area contributed by atoms with Gasteiger partial charge in [-0.25, -0.2) is 4.79 Å². The molecule has 0 bridgehead atoms. The first kappa shape index (κ1) is 12.8. The normalized spacial score (nSPS) is 17.8. The molecule has 1 aliphatic heterocycles. The van der Waals surface area contributed by atoms with E-state index in [1.807, 2.05) is 6.07 Å². The van der Waals surface area contributed by atoms with Crippen LogP contribution in [0.1, 0.15) is 15.9 Å². The van der Waals surface area contributed by atoms with Crippen molar-refractivity contribution in [2.75, 3.05) is 13.7 Å². The number of carbonyl (C=O) groups excluding carboxylic acids is 1. The minimum absolute atomic E-state index is 0. The zero-order valence-corrected chi connectivity index (χ0v) is 9.75. The maximum absolute atomic E-state index is 11.5. The van der Waals surface area contributed by atoms with Crippen molar-refractivity contribution in [1.82, 2.24) is 0 Å². The summed E-state index contributed by atoms with van der Waals surface area (Å²) in [5.74, 6) is 0.393. The van der Waals surface area contributed by atoms with Gasteiger partial charge in [0.25, 0.3) is 0 Å². The third-order valence-corrected chi connectivity index (χ3v) is 2.46. The van der Waals surface area contributed by atoms with Gasteiger partial charge in [-0.05, 0) is 18.6 Å². The molecule has 0 amide bonds. The number of ether oxygens (including phenoxy) is 2. The fourth-order valence-corrected chi connectivity index (χ4v) is 1.73. The van der Waals surface area contributed by atoms with Gasteiger partial charge in [0.1, 0.15) is 12.4 Å². The quantitative estimate of drug-likeness (QED) is 0.752. The van der Waals surface area contributed by atoms with Crippen LogP contribution in [0.25, 0.3) is 0 Å². The summed E-state index contributed by atoms with van der Waals surface area (Å²) in [6.07, 6.45) is 0.653. The summed E-state index contributed by atoms with van der Waals surface area (Å²) < 4.78 is 10.1. The minimum atomic E-state index is -0.343. The Morgan fingerprint density at radius 2 is 2.31 bits per heavy atom. The van der Waals surface area contributed by atoms with E-state index in [0.29, 0.717) is 18.6 Å². The highest BCUT2D eigenvalue weighted by molar-refractivity contribution is 5.91. The number of hydrogen-bond acceptors (Lipinski definition) is 4. The largest absolute Gasteiger partial charge is 0.492 e. The van der Waals surface area contributed by atoms with Crippen LogP contribution >= 0.6 is 12.4 Å². The Labute approximate surface area is 100 Å². The van der Waals surface area contributed by atoms with Crippen molar-refractivity contribution in [3.8, 4) is 5.75 Å². The number of hydrogen-bond donors (Lipinski definition) is 1. The number of halogens is 1. The second-order valence-corrected chi connectivity index (χ2v) is 3.55. The highest BCUT2D eigenvalue weighted by Crippen LogP contribution is 2.27. The lowest BCUT2D eigenvalue weighted by atomic mass is 9.98. The molecule has 5 heteroatoms. The van der Waals surface area contributed by atoms with Crippen molar-refractivity contribution in [2.45, 2.75) is 12.5 Å². The number of benzene rings is 1. The maximum atomic E-state index is 11.5. The van der Waals surface area contributed by atoms with Crippen LogP contribution < -0.4 is 10.5 Å². The average molecular weight is 244 g/mol. The molecule has 1 aliphatic rings. The second kappa shape index (κ2) is 5.18. The molecule has 88 valence electrons. The number of fused-ring (bicyclic) bond motifs is 1. The van der Waals surface area contributed by atoms with Gasteiger partial charge >= 0.3 is 5.97 Å². The van der Waals surface area contributed by atoms with E-state index in [2.05, 4.69) is 0 Å². The summed E-state index contributed by atoms with van der Waals surface area (Å²) in [6, 6.07) is 5.30. The Morgan fingerprint density at radius 1 is 1.56 bits per heavy atom. The van der Waals surface area contributed by atoms with Gasteiger partial charge in [-0.1, -0.05) is 6.07 Å². The summed E-state index contributed by atoms with van der Waals surface area (Å²) >= 11 is 0. The lowest BCUT2D eigenvalue weighted by Gasteiger charge is -2.23. The molecule has 16 heavy (non-hydrogen) atoms. The van der Waals surface area contributed by atoms with Gasteiger partial charge in [0.2, 0.25) is 0 Å². The maximum Gasteiger partial charge on any atom is 0.338 e. The molecule has 2 rings (SSSR count). The number of nitrogens with two attached hydrogens (primary N) is 1. The van der Waals surface area contributed by atoms with E-state index in [0.717, 1.165) is 11.3 Å². The van der Waals surface area contributed by atoms with Crippen molar-refractivity contribution in [2.24, 2.45) is 5.73 Å². The SMILES string of the molecule is COC(=O)c1cccc2c1CC(N)CO2.Cl. The first-order valence-electron chi connectivity index (χ1n) is 4.81. The summed E-state index contributed by atoms with van der Waals surface area (Å²) in [5.41, 5.74) is 7.18. The summed E-state index contributed by atoms with van der Waals surface area (Å²) in [4.78, 5) is 11.5. The van der Waals surface area contributed by atoms with Crippen LogP contribution in [-0.4, -0.2) is 25.7 Å². The van der Waals surface area contributed by atoms with Crippen LogP contribution in [0.4, 0.5) is 0 Å². The zero-order valence-electron chi connectivity index (χ0n) is 8.93. The van der Waals surface area contributed by atoms with Crippen LogP contribution in [0.5, 0.6) is 5.75 Å². The van der Waals surface area contributed by atoms with Gasteiger partial charge in [-0.15, -0.1) is 12.4 Å². The Kier molecular flexibility index (Phi) is 4.15. The van der Waals surface area contributed by atoms with Crippen LogP contribution in [0.3, 0.4) is 0 Å². The molecule has 0 spiro atoms. The molecule has 4 nitrogen and oxygen atoms in total. The molecule has 1 aromatic rings. The fraction of sp³-hybridized carbons (Fsp3) is 0.364. The number of rotatable bonds is 1. The number of esters is 1. The van der Waals surface area contributed by atoms with Crippen LogP contribution in [0.15, 0.2) is 18.2 Å². The summed E-state index contributed by atoms with van der Waals surface area (Å²) in [5, 5.41) is 0. The third-order valence-electron chi connectivity index (χ3n) is 2.46. The van der Waals surface area contributed by atoms with Crippen molar-refractivity contribution >= 4 is 18.4 Å². The number of methoxy groups -OCH3 is 1. The third kappa shape index (κ3) is 2.28. The van der Waals surface area contributed by atoms with Crippen LogP contribution in [-0.2, 0) is 11.2 Å². The molecule has 1 unspecified atom stereocenters. The van der Waals surface area contributed by atoms with Crippen LogP contribution in [0.2, 0.25) is 0 Å². The van der Waals surface area contributed by atoms with E-state index in [4.69, 9.17) is 15.2 Å². The van der Waals surface area contributed by atoms with Crippen LogP contribution in [0, 0.1) is 0 Å². The standard InChI is InChI=1S/C11H13NO3.ClH/c1-14-11(13)8-3-2-4-10-9(8)5-7(12)6-15-10;/h2-4,7H,5-6,12H2,1H3;1H. The molecule has 0 aromatic heterocycles. The zero-order chi connectivity index (χ0) is 10.8. The Hall–Kier alpha value is -1.26. The number of carbonyl (C=O) groups is 1. The highest BCUT2D eigenvalue weighted by Gasteiger charge is 2.22. The molecular formula is C11H14ClNO3. The predicted octanol–water partition coefficient (Wildman–Crippen LogP) is 1.16. The molecule has 0 saturated heterocycles. The van der Waals surface area contributed by atoms with E-state index >= 15 is 0 Å². The Morgan fingerprint density at radius 3 is 3.00 bits per heavy atom. The van der Waals surface area contributed by atoms with Crippen molar-refractivity contribution in [3.05, 3.63) is 29.3 Å². The lowest BCUT2D eigenvalue weighted by Crippen LogP contribution is -2.34. The first-order chi connectivity index (χ1) is 7.22. The Bertz CT molecular complexity index is 395. The topological polar surface area (TPSA) is 61.5 Å². The van der Waals surface area contributed by atoms with Gasteiger partial charge < -0.3 is 15.2 Å². The summed E-state index contributed by atoms with van der Waals surface area (Å²) in [7, 11) is 1.37. The monoisotopic (exact) mass is 243 g/mol. The molecule has 1 aromatic carbocycles. The van der Waals surface area contributed by atoms with Gasteiger partial charge in [0.15, 0.2) is 0 Å². The molecular weight excluding hydrogens is 230 g/mol. The van der Waals surface area contributed by atoms with Gasteiger partial charge in [-0.3, -0.25) is 0 Å². The highest BCUT2D eigenvalue weighted by atomic mass is 35.5. The summed E-state index contributed by atoms with van der Waals surface area (Å²) in [6.45, 7) is 0.498. The van der Waals surface area contributed by atoms with E-state index < -0.39 is 0 Å². The molecule has 1 atom stereocenters. The molecule has 1 heterocycles. The molecule has 0 aliphatic carbocycles.